The standard InChI is InChI=1S/C18H21NO.CH4/c1-14(15-9-5-2-3-6-10-15)19-13-17(19)18(20)16-11-7-4-8-12-16;/h2,4-12,14,17-18,20H,3,13H2,1H3;1H4. The van der Waals surface area contributed by atoms with Gasteiger partial charge in [-0.05, 0) is 24.5 Å². The molecule has 1 aliphatic heterocycles. The van der Waals surface area contributed by atoms with Crippen molar-refractivity contribution in [3.05, 3.63) is 71.8 Å². The van der Waals surface area contributed by atoms with Crippen LogP contribution in [0.25, 0.3) is 0 Å². The molecule has 4 unspecified atom stereocenters. The van der Waals surface area contributed by atoms with E-state index in [-0.39, 0.29) is 19.6 Å². The summed E-state index contributed by atoms with van der Waals surface area (Å²) in [5.74, 6) is 0. The third-order valence-electron chi connectivity index (χ3n) is 4.18. The van der Waals surface area contributed by atoms with Crippen molar-refractivity contribution >= 4 is 0 Å². The minimum absolute atomic E-state index is 0. The highest BCUT2D eigenvalue weighted by Crippen LogP contribution is 2.35. The monoisotopic (exact) mass is 283 g/mol. The van der Waals surface area contributed by atoms with E-state index in [9.17, 15) is 5.11 Å². The number of aliphatic hydroxyl groups is 1. The summed E-state index contributed by atoms with van der Waals surface area (Å²) in [6.07, 6.45) is 11.5. The van der Waals surface area contributed by atoms with Gasteiger partial charge in [-0.3, -0.25) is 4.90 Å². The average Bonchev–Trinajstić information content (AvgIpc) is 3.30. The van der Waals surface area contributed by atoms with Gasteiger partial charge in [0.1, 0.15) is 0 Å². The second kappa shape index (κ2) is 6.88. The average molecular weight is 283 g/mol. The number of hydrogen-bond acceptors (Lipinski definition) is 2. The molecule has 1 aliphatic carbocycles. The zero-order valence-corrected chi connectivity index (χ0v) is 11.8. The third kappa shape index (κ3) is 3.52. The lowest BCUT2D eigenvalue weighted by Gasteiger charge is -2.18. The summed E-state index contributed by atoms with van der Waals surface area (Å²) in [4.78, 5) is 2.35. The number of nitrogens with zero attached hydrogens (tertiary/aromatic N) is 1. The van der Waals surface area contributed by atoms with Crippen LogP contribution >= 0.6 is 0 Å². The van der Waals surface area contributed by atoms with Gasteiger partial charge in [0.05, 0.1) is 12.1 Å². The van der Waals surface area contributed by atoms with Crippen molar-refractivity contribution in [1.82, 2.24) is 4.90 Å². The highest BCUT2D eigenvalue weighted by atomic mass is 16.3. The molecular formula is C19H25NO. The molecule has 0 radical (unpaired) electrons. The van der Waals surface area contributed by atoms with Gasteiger partial charge in [-0.25, -0.2) is 0 Å². The highest BCUT2D eigenvalue weighted by Gasteiger charge is 2.43. The Morgan fingerprint density at radius 2 is 1.95 bits per heavy atom. The highest BCUT2D eigenvalue weighted by molar-refractivity contribution is 5.33. The fraction of sp³-hybridized carbons (Fsp3) is 0.368. The molecule has 1 aromatic carbocycles. The van der Waals surface area contributed by atoms with Crippen LogP contribution in [-0.4, -0.2) is 28.6 Å². The van der Waals surface area contributed by atoms with E-state index in [0.717, 1.165) is 18.5 Å². The molecule has 0 saturated carbocycles. The Morgan fingerprint density at radius 3 is 2.71 bits per heavy atom. The van der Waals surface area contributed by atoms with Crippen molar-refractivity contribution < 1.29 is 5.11 Å². The van der Waals surface area contributed by atoms with Crippen molar-refractivity contribution in [2.45, 2.75) is 39.0 Å². The molecule has 0 aromatic heterocycles. The van der Waals surface area contributed by atoms with Crippen LogP contribution in [0, 0.1) is 0 Å². The fourth-order valence-corrected chi connectivity index (χ4v) is 2.83. The molecule has 21 heavy (non-hydrogen) atoms. The van der Waals surface area contributed by atoms with Crippen LogP contribution in [0.3, 0.4) is 0 Å². The van der Waals surface area contributed by atoms with E-state index >= 15 is 0 Å². The van der Waals surface area contributed by atoms with E-state index in [4.69, 9.17) is 0 Å². The molecule has 1 heterocycles. The first-order valence-corrected chi connectivity index (χ1v) is 7.29. The summed E-state index contributed by atoms with van der Waals surface area (Å²) in [5.41, 5.74) is 2.33. The maximum atomic E-state index is 10.4. The normalized spacial score (nSPS) is 26.3. The molecule has 0 amide bonds. The SMILES string of the molecule is C.CC(C1=CC=CCC=C1)N1CC1C(O)c1ccccc1. The molecule has 3 rings (SSSR count). The molecule has 0 spiro atoms. The van der Waals surface area contributed by atoms with Crippen molar-refractivity contribution in [2.24, 2.45) is 0 Å². The van der Waals surface area contributed by atoms with Gasteiger partial charge < -0.3 is 5.11 Å². The Bertz CT molecular complexity index is 544. The minimum Gasteiger partial charge on any atom is -0.387 e. The van der Waals surface area contributed by atoms with E-state index in [2.05, 4.69) is 42.2 Å². The lowest BCUT2D eigenvalue weighted by atomic mass is 10.1. The van der Waals surface area contributed by atoms with Crippen LogP contribution in [-0.2, 0) is 0 Å². The Morgan fingerprint density at radius 1 is 1.19 bits per heavy atom. The van der Waals surface area contributed by atoms with Crippen LogP contribution in [0.15, 0.2) is 66.3 Å². The maximum Gasteiger partial charge on any atom is 0.0957 e. The largest absolute Gasteiger partial charge is 0.387 e. The molecule has 0 bridgehead atoms. The molecule has 2 heteroatoms. The summed E-state index contributed by atoms with van der Waals surface area (Å²) >= 11 is 0. The predicted molar refractivity (Wildman–Crippen MR) is 89.1 cm³/mol. The number of hydrogen-bond donors (Lipinski definition) is 1. The van der Waals surface area contributed by atoms with E-state index in [0.29, 0.717) is 6.04 Å². The van der Waals surface area contributed by atoms with Crippen LogP contribution in [0.2, 0.25) is 0 Å². The molecule has 112 valence electrons. The molecule has 4 atom stereocenters. The summed E-state index contributed by atoms with van der Waals surface area (Å²) in [6.45, 7) is 3.18. The second-order valence-corrected chi connectivity index (χ2v) is 5.53. The van der Waals surface area contributed by atoms with Crippen molar-refractivity contribution in [2.75, 3.05) is 6.54 Å². The first-order valence-electron chi connectivity index (χ1n) is 7.29. The van der Waals surface area contributed by atoms with Gasteiger partial charge in [0.25, 0.3) is 0 Å². The van der Waals surface area contributed by atoms with Gasteiger partial charge in [0, 0.05) is 12.6 Å². The van der Waals surface area contributed by atoms with Gasteiger partial charge in [0.15, 0.2) is 0 Å². The first-order chi connectivity index (χ1) is 9.77. The number of aliphatic hydroxyl groups excluding tert-OH is 1. The Labute approximate surface area is 128 Å². The lowest BCUT2D eigenvalue weighted by molar-refractivity contribution is 0.154. The Balaban J connectivity index is 0.00000161. The Kier molecular flexibility index (Phi) is 5.16. The van der Waals surface area contributed by atoms with Crippen molar-refractivity contribution in [3.8, 4) is 0 Å². The predicted octanol–water partition coefficient (Wildman–Crippen LogP) is 3.87. The Hall–Kier alpha value is -1.64. The molecule has 1 aromatic rings. The summed E-state index contributed by atoms with van der Waals surface area (Å²) in [6, 6.07) is 10.5. The van der Waals surface area contributed by atoms with Crippen molar-refractivity contribution in [3.63, 3.8) is 0 Å². The van der Waals surface area contributed by atoms with E-state index < -0.39 is 0 Å². The van der Waals surface area contributed by atoms with Gasteiger partial charge in [-0.15, -0.1) is 0 Å². The lowest BCUT2D eigenvalue weighted by Crippen LogP contribution is -2.21. The van der Waals surface area contributed by atoms with Crippen molar-refractivity contribution in [1.29, 1.82) is 0 Å². The fourth-order valence-electron chi connectivity index (χ4n) is 2.83. The van der Waals surface area contributed by atoms with Crippen LogP contribution < -0.4 is 0 Å². The number of benzene rings is 1. The molecule has 1 saturated heterocycles. The minimum atomic E-state index is -0.385. The van der Waals surface area contributed by atoms with Gasteiger partial charge in [-0.2, -0.15) is 0 Å². The van der Waals surface area contributed by atoms with Crippen LogP contribution in [0.1, 0.15) is 32.4 Å². The van der Waals surface area contributed by atoms with Crippen LogP contribution in [0.5, 0.6) is 0 Å². The summed E-state index contributed by atoms with van der Waals surface area (Å²) in [7, 11) is 0. The second-order valence-electron chi connectivity index (χ2n) is 5.53. The maximum absolute atomic E-state index is 10.4. The molecule has 2 aliphatic rings. The number of allylic oxidation sites excluding steroid dienone is 4. The van der Waals surface area contributed by atoms with Gasteiger partial charge in [-0.1, -0.05) is 68.1 Å². The van der Waals surface area contributed by atoms with Gasteiger partial charge >= 0.3 is 0 Å². The van der Waals surface area contributed by atoms with Gasteiger partial charge in [0.2, 0.25) is 0 Å². The zero-order chi connectivity index (χ0) is 13.9. The molecular weight excluding hydrogens is 258 g/mol. The van der Waals surface area contributed by atoms with E-state index in [1.807, 2.05) is 30.3 Å². The molecule has 1 N–H and O–H groups in total. The molecule has 2 nitrogen and oxygen atoms in total. The molecule has 1 fully saturated rings. The number of rotatable bonds is 4. The smallest absolute Gasteiger partial charge is 0.0957 e. The zero-order valence-electron chi connectivity index (χ0n) is 11.8. The van der Waals surface area contributed by atoms with E-state index in [1.165, 1.54) is 5.57 Å². The van der Waals surface area contributed by atoms with Crippen LogP contribution in [0.4, 0.5) is 0 Å². The third-order valence-corrected chi connectivity index (χ3v) is 4.18. The quantitative estimate of drug-likeness (QED) is 0.848. The summed E-state index contributed by atoms with van der Waals surface area (Å²) in [5, 5.41) is 10.4. The van der Waals surface area contributed by atoms with E-state index in [1.54, 1.807) is 0 Å². The summed E-state index contributed by atoms with van der Waals surface area (Å²) < 4.78 is 0. The topological polar surface area (TPSA) is 23.2 Å². The first kappa shape index (κ1) is 15.7.